The number of anilines is 1. The first-order valence-electron chi connectivity index (χ1n) is 8.50. The van der Waals surface area contributed by atoms with Gasteiger partial charge in [0, 0.05) is 13.0 Å². The number of esters is 1. The molecular weight excluding hydrogens is 336 g/mol. The van der Waals surface area contributed by atoms with Crippen LogP contribution >= 0.6 is 0 Å². The number of allylic oxidation sites excluding steroid dienone is 2. The summed E-state index contributed by atoms with van der Waals surface area (Å²) >= 11 is 0. The van der Waals surface area contributed by atoms with E-state index in [-0.39, 0.29) is 48.1 Å². The first-order valence-corrected chi connectivity index (χ1v) is 8.50. The summed E-state index contributed by atoms with van der Waals surface area (Å²) in [4.78, 5) is 49.9. The average molecular weight is 356 g/mol. The van der Waals surface area contributed by atoms with Crippen LogP contribution in [0, 0.1) is 11.8 Å². The summed E-state index contributed by atoms with van der Waals surface area (Å²) in [5.74, 6) is -1.93. The molecule has 0 unspecified atom stereocenters. The molecule has 1 aliphatic heterocycles. The van der Waals surface area contributed by atoms with Gasteiger partial charge in [0.15, 0.2) is 0 Å². The second-order valence-corrected chi connectivity index (χ2v) is 6.32. The Labute approximate surface area is 151 Å². The molecule has 0 saturated carbocycles. The van der Waals surface area contributed by atoms with Crippen LogP contribution in [0.5, 0.6) is 0 Å². The van der Waals surface area contributed by atoms with Crippen molar-refractivity contribution in [3.8, 4) is 0 Å². The molecule has 3 amide bonds. The standard InChI is InChI=1S/C19H20N2O5/c1-26-19(25)14-8-4-5-9-15(14)20-16(22)10-11-21-17(23)12-6-2-3-7-13(12)18(21)24/h2-5,8-9,12-13H,6-7,10-11H2,1H3,(H,20,22)/t12-,13-/m0/s1. The Kier molecular flexibility index (Phi) is 5.16. The van der Waals surface area contributed by atoms with E-state index in [1.54, 1.807) is 24.3 Å². The lowest BCUT2D eigenvalue weighted by molar-refractivity contribution is -0.140. The molecule has 7 heteroatoms. The molecule has 1 N–H and O–H groups in total. The molecule has 0 bridgehead atoms. The molecule has 1 heterocycles. The molecule has 0 spiro atoms. The number of benzene rings is 1. The van der Waals surface area contributed by atoms with Gasteiger partial charge in [-0.3, -0.25) is 19.3 Å². The largest absolute Gasteiger partial charge is 0.465 e. The van der Waals surface area contributed by atoms with Crippen molar-refractivity contribution >= 4 is 29.4 Å². The topological polar surface area (TPSA) is 92.8 Å². The first-order chi connectivity index (χ1) is 12.5. The zero-order valence-corrected chi connectivity index (χ0v) is 14.4. The predicted octanol–water partition coefficient (Wildman–Crippen LogP) is 1.75. The number of para-hydroxylation sites is 1. The number of amides is 3. The van der Waals surface area contributed by atoms with Crippen LogP contribution in [0.4, 0.5) is 5.69 Å². The smallest absolute Gasteiger partial charge is 0.339 e. The van der Waals surface area contributed by atoms with Crippen molar-refractivity contribution in [1.29, 1.82) is 0 Å². The molecule has 136 valence electrons. The zero-order valence-electron chi connectivity index (χ0n) is 14.4. The van der Waals surface area contributed by atoms with E-state index < -0.39 is 5.97 Å². The van der Waals surface area contributed by atoms with Crippen LogP contribution in [0.2, 0.25) is 0 Å². The highest BCUT2D eigenvalue weighted by Gasteiger charge is 2.46. The van der Waals surface area contributed by atoms with E-state index >= 15 is 0 Å². The van der Waals surface area contributed by atoms with Crippen molar-refractivity contribution in [2.75, 3.05) is 19.0 Å². The van der Waals surface area contributed by atoms with E-state index in [2.05, 4.69) is 10.1 Å². The molecule has 7 nitrogen and oxygen atoms in total. The van der Waals surface area contributed by atoms with Crippen LogP contribution in [0.15, 0.2) is 36.4 Å². The summed E-state index contributed by atoms with van der Waals surface area (Å²) in [6.45, 7) is 0.0386. The third kappa shape index (κ3) is 3.37. The number of imide groups is 1. The molecule has 2 aliphatic rings. The number of ether oxygens (including phenoxy) is 1. The number of rotatable bonds is 5. The van der Waals surface area contributed by atoms with Gasteiger partial charge in [0.05, 0.1) is 30.2 Å². The van der Waals surface area contributed by atoms with Crippen LogP contribution in [0.3, 0.4) is 0 Å². The zero-order chi connectivity index (χ0) is 18.7. The van der Waals surface area contributed by atoms with Gasteiger partial charge < -0.3 is 10.1 Å². The molecule has 3 rings (SSSR count). The maximum Gasteiger partial charge on any atom is 0.339 e. The quantitative estimate of drug-likeness (QED) is 0.493. The Bertz CT molecular complexity index is 760. The Balaban J connectivity index is 1.61. The molecule has 26 heavy (non-hydrogen) atoms. The number of hydrogen-bond acceptors (Lipinski definition) is 5. The Morgan fingerprint density at radius 3 is 2.35 bits per heavy atom. The van der Waals surface area contributed by atoms with E-state index in [9.17, 15) is 19.2 Å². The highest BCUT2D eigenvalue weighted by atomic mass is 16.5. The van der Waals surface area contributed by atoms with Gasteiger partial charge in [0.25, 0.3) is 0 Å². The lowest BCUT2D eigenvalue weighted by Gasteiger charge is -2.15. The minimum atomic E-state index is -0.553. The molecule has 2 atom stereocenters. The van der Waals surface area contributed by atoms with Crippen LogP contribution in [-0.4, -0.2) is 42.2 Å². The molecule has 1 fully saturated rings. The van der Waals surface area contributed by atoms with Crippen molar-refractivity contribution in [3.05, 3.63) is 42.0 Å². The fourth-order valence-corrected chi connectivity index (χ4v) is 3.40. The van der Waals surface area contributed by atoms with Crippen LogP contribution in [0.25, 0.3) is 0 Å². The van der Waals surface area contributed by atoms with E-state index in [0.717, 1.165) is 0 Å². The molecule has 1 aromatic carbocycles. The van der Waals surface area contributed by atoms with Crippen molar-refractivity contribution < 1.29 is 23.9 Å². The molecule has 1 saturated heterocycles. The Morgan fingerprint density at radius 1 is 1.12 bits per heavy atom. The number of likely N-dealkylation sites (tertiary alicyclic amines) is 1. The summed E-state index contributed by atoms with van der Waals surface area (Å²) in [5.41, 5.74) is 0.579. The maximum atomic E-state index is 12.4. The van der Waals surface area contributed by atoms with Crippen LogP contribution in [0.1, 0.15) is 29.6 Å². The predicted molar refractivity (Wildman–Crippen MR) is 93.1 cm³/mol. The van der Waals surface area contributed by atoms with E-state index in [1.165, 1.54) is 12.0 Å². The normalized spacial score (nSPS) is 21.5. The number of fused-ring (bicyclic) bond motifs is 1. The SMILES string of the molecule is COC(=O)c1ccccc1NC(=O)CCN1C(=O)[C@H]2CC=CC[C@@H]2C1=O. The molecule has 0 radical (unpaired) electrons. The third-order valence-corrected chi connectivity index (χ3v) is 4.77. The van der Waals surface area contributed by atoms with Gasteiger partial charge in [-0.2, -0.15) is 0 Å². The third-order valence-electron chi connectivity index (χ3n) is 4.77. The van der Waals surface area contributed by atoms with E-state index in [0.29, 0.717) is 18.5 Å². The number of hydrogen-bond donors (Lipinski definition) is 1. The van der Waals surface area contributed by atoms with Crippen LogP contribution in [-0.2, 0) is 19.1 Å². The number of methoxy groups -OCH3 is 1. The van der Waals surface area contributed by atoms with Crippen molar-refractivity contribution in [3.63, 3.8) is 0 Å². The highest BCUT2D eigenvalue weighted by molar-refractivity contribution is 6.06. The lowest BCUT2D eigenvalue weighted by Crippen LogP contribution is -2.34. The molecule has 1 aromatic rings. The number of nitrogens with one attached hydrogen (secondary N) is 1. The minimum absolute atomic E-state index is 0.0279. The second kappa shape index (κ2) is 7.51. The molecule has 0 aromatic heterocycles. The summed E-state index contributed by atoms with van der Waals surface area (Å²) < 4.78 is 4.69. The summed E-state index contributed by atoms with van der Waals surface area (Å²) in [6, 6.07) is 6.50. The van der Waals surface area contributed by atoms with Gasteiger partial charge >= 0.3 is 5.97 Å². The lowest BCUT2D eigenvalue weighted by atomic mass is 9.85. The van der Waals surface area contributed by atoms with Gasteiger partial charge in [0.2, 0.25) is 17.7 Å². The van der Waals surface area contributed by atoms with Crippen molar-refractivity contribution in [2.24, 2.45) is 11.8 Å². The van der Waals surface area contributed by atoms with Crippen molar-refractivity contribution in [2.45, 2.75) is 19.3 Å². The minimum Gasteiger partial charge on any atom is -0.465 e. The molecular formula is C19H20N2O5. The summed E-state index contributed by atoms with van der Waals surface area (Å²) in [6.07, 6.45) is 4.97. The molecule has 1 aliphatic carbocycles. The number of carbonyl (C=O) groups excluding carboxylic acids is 4. The van der Waals surface area contributed by atoms with Gasteiger partial charge in [-0.15, -0.1) is 0 Å². The monoisotopic (exact) mass is 356 g/mol. The fraction of sp³-hybridized carbons (Fsp3) is 0.368. The second-order valence-electron chi connectivity index (χ2n) is 6.32. The maximum absolute atomic E-state index is 12.4. The number of carbonyl (C=O) groups is 4. The average Bonchev–Trinajstić information content (AvgIpc) is 2.91. The fourth-order valence-electron chi connectivity index (χ4n) is 3.40. The van der Waals surface area contributed by atoms with Gasteiger partial charge in [-0.05, 0) is 25.0 Å². The first kappa shape index (κ1) is 17.8. The van der Waals surface area contributed by atoms with E-state index in [4.69, 9.17) is 0 Å². The summed E-state index contributed by atoms with van der Waals surface area (Å²) in [7, 11) is 1.26. The summed E-state index contributed by atoms with van der Waals surface area (Å²) in [5, 5.41) is 2.64. The van der Waals surface area contributed by atoms with E-state index in [1.807, 2.05) is 12.2 Å². The van der Waals surface area contributed by atoms with Crippen molar-refractivity contribution in [1.82, 2.24) is 4.90 Å². The van der Waals surface area contributed by atoms with Gasteiger partial charge in [-0.25, -0.2) is 4.79 Å². The van der Waals surface area contributed by atoms with Crippen LogP contribution < -0.4 is 5.32 Å². The highest BCUT2D eigenvalue weighted by Crippen LogP contribution is 2.35. The number of nitrogens with zero attached hydrogens (tertiary/aromatic N) is 1. The Hall–Kier alpha value is -2.96. The van der Waals surface area contributed by atoms with Gasteiger partial charge in [-0.1, -0.05) is 24.3 Å². The Morgan fingerprint density at radius 2 is 1.73 bits per heavy atom. The van der Waals surface area contributed by atoms with Gasteiger partial charge in [0.1, 0.15) is 0 Å².